The summed E-state index contributed by atoms with van der Waals surface area (Å²) in [5.74, 6) is 0.138. The average Bonchev–Trinajstić information content (AvgIpc) is 2.86. The van der Waals surface area contributed by atoms with E-state index in [-0.39, 0.29) is 11.4 Å². The molecule has 0 spiro atoms. The third kappa shape index (κ3) is 3.26. The van der Waals surface area contributed by atoms with Gasteiger partial charge in [0.1, 0.15) is 17.3 Å². The number of ether oxygens (including phenoxy) is 1. The van der Waals surface area contributed by atoms with Gasteiger partial charge in [-0.1, -0.05) is 5.21 Å². The Morgan fingerprint density at radius 2 is 2.10 bits per heavy atom. The molecule has 20 heavy (non-hydrogen) atoms. The zero-order valence-electron chi connectivity index (χ0n) is 12.1. The van der Waals surface area contributed by atoms with Crippen molar-refractivity contribution >= 4 is 5.69 Å². The largest absolute Gasteiger partial charge is 0.494 e. The summed E-state index contributed by atoms with van der Waals surface area (Å²) in [5, 5.41) is 11.4. The summed E-state index contributed by atoms with van der Waals surface area (Å²) >= 11 is 0. The SMILES string of the molecule is COc1cc(F)ccc1NCc1cn(C(C)(C)C)nn1. The van der Waals surface area contributed by atoms with Crippen molar-refractivity contribution in [2.45, 2.75) is 32.9 Å². The maximum atomic E-state index is 13.1. The molecule has 1 heterocycles. The quantitative estimate of drug-likeness (QED) is 0.934. The second kappa shape index (κ2) is 5.48. The highest BCUT2D eigenvalue weighted by Crippen LogP contribution is 2.25. The number of aromatic nitrogens is 3. The van der Waals surface area contributed by atoms with Crippen LogP contribution in [0.4, 0.5) is 10.1 Å². The molecule has 0 aliphatic carbocycles. The van der Waals surface area contributed by atoms with E-state index in [1.807, 2.05) is 10.9 Å². The lowest BCUT2D eigenvalue weighted by Crippen LogP contribution is -2.22. The van der Waals surface area contributed by atoms with E-state index in [1.54, 1.807) is 6.07 Å². The molecule has 0 bridgehead atoms. The molecule has 1 aromatic heterocycles. The van der Waals surface area contributed by atoms with Crippen LogP contribution >= 0.6 is 0 Å². The monoisotopic (exact) mass is 278 g/mol. The van der Waals surface area contributed by atoms with Gasteiger partial charge in [0.2, 0.25) is 0 Å². The molecular weight excluding hydrogens is 259 g/mol. The van der Waals surface area contributed by atoms with E-state index in [0.717, 1.165) is 11.4 Å². The van der Waals surface area contributed by atoms with Crippen molar-refractivity contribution in [2.24, 2.45) is 0 Å². The van der Waals surface area contributed by atoms with E-state index >= 15 is 0 Å². The lowest BCUT2D eigenvalue weighted by Gasteiger charge is -2.17. The first-order chi connectivity index (χ1) is 9.40. The first kappa shape index (κ1) is 14.3. The van der Waals surface area contributed by atoms with Gasteiger partial charge in [0.05, 0.1) is 31.1 Å². The van der Waals surface area contributed by atoms with Crippen LogP contribution in [0.25, 0.3) is 0 Å². The van der Waals surface area contributed by atoms with Crippen molar-refractivity contribution in [1.82, 2.24) is 15.0 Å². The molecule has 1 aromatic carbocycles. The highest BCUT2D eigenvalue weighted by molar-refractivity contribution is 5.56. The van der Waals surface area contributed by atoms with Crippen LogP contribution in [0.1, 0.15) is 26.5 Å². The van der Waals surface area contributed by atoms with E-state index in [9.17, 15) is 4.39 Å². The molecule has 0 saturated heterocycles. The fraction of sp³-hybridized carbons (Fsp3) is 0.429. The maximum Gasteiger partial charge on any atom is 0.144 e. The minimum atomic E-state index is -0.328. The summed E-state index contributed by atoms with van der Waals surface area (Å²) in [5.41, 5.74) is 1.43. The predicted octanol–water partition coefficient (Wildman–Crippen LogP) is 2.79. The molecule has 0 atom stereocenters. The molecule has 0 radical (unpaired) electrons. The van der Waals surface area contributed by atoms with Gasteiger partial charge in [-0.3, -0.25) is 0 Å². The normalized spacial score (nSPS) is 11.4. The third-order valence-corrected chi connectivity index (χ3v) is 2.85. The maximum absolute atomic E-state index is 13.1. The molecule has 1 N–H and O–H groups in total. The van der Waals surface area contributed by atoms with Crippen molar-refractivity contribution in [3.05, 3.63) is 35.9 Å². The standard InChI is InChI=1S/C14H19FN4O/c1-14(2,3)19-9-11(17-18-19)8-16-12-6-5-10(15)7-13(12)20-4/h5-7,9,16H,8H2,1-4H3. The van der Waals surface area contributed by atoms with Gasteiger partial charge in [0, 0.05) is 6.07 Å². The predicted molar refractivity (Wildman–Crippen MR) is 75.3 cm³/mol. The molecule has 0 amide bonds. The minimum absolute atomic E-state index is 0.0984. The van der Waals surface area contributed by atoms with Crippen LogP contribution in [-0.2, 0) is 12.1 Å². The van der Waals surface area contributed by atoms with Crippen molar-refractivity contribution in [3.63, 3.8) is 0 Å². The van der Waals surface area contributed by atoms with Crippen LogP contribution in [0.2, 0.25) is 0 Å². The Balaban J connectivity index is 2.07. The Kier molecular flexibility index (Phi) is 3.92. The van der Waals surface area contributed by atoms with E-state index in [0.29, 0.717) is 12.3 Å². The number of hydrogen-bond acceptors (Lipinski definition) is 4. The van der Waals surface area contributed by atoms with Gasteiger partial charge in [0.15, 0.2) is 0 Å². The smallest absolute Gasteiger partial charge is 0.144 e. The molecule has 0 aliphatic heterocycles. The number of methoxy groups -OCH3 is 1. The molecule has 0 unspecified atom stereocenters. The van der Waals surface area contributed by atoms with Crippen LogP contribution in [-0.4, -0.2) is 22.1 Å². The fourth-order valence-corrected chi connectivity index (χ4v) is 1.70. The molecule has 6 heteroatoms. The summed E-state index contributed by atoms with van der Waals surface area (Å²) in [6.07, 6.45) is 1.89. The zero-order valence-corrected chi connectivity index (χ0v) is 12.1. The minimum Gasteiger partial charge on any atom is -0.494 e. The second-order valence-corrected chi connectivity index (χ2v) is 5.52. The highest BCUT2D eigenvalue weighted by atomic mass is 19.1. The van der Waals surface area contributed by atoms with Gasteiger partial charge in [-0.25, -0.2) is 9.07 Å². The average molecular weight is 278 g/mol. The van der Waals surface area contributed by atoms with Crippen molar-refractivity contribution < 1.29 is 9.13 Å². The number of hydrogen-bond donors (Lipinski definition) is 1. The van der Waals surface area contributed by atoms with Crippen molar-refractivity contribution in [2.75, 3.05) is 12.4 Å². The van der Waals surface area contributed by atoms with Crippen LogP contribution in [0.3, 0.4) is 0 Å². The molecule has 2 rings (SSSR count). The highest BCUT2D eigenvalue weighted by Gasteiger charge is 2.15. The topological polar surface area (TPSA) is 52.0 Å². The van der Waals surface area contributed by atoms with E-state index < -0.39 is 0 Å². The fourth-order valence-electron chi connectivity index (χ4n) is 1.70. The number of halogens is 1. The van der Waals surface area contributed by atoms with Crippen LogP contribution in [0.5, 0.6) is 5.75 Å². The van der Waals surface area contributed by atoms with E-state index in [2.05, 4.69) is 36.4 Å². The molecule has 0 aliphatic rings. The third-order valence-electron chi connectivity index (χ3n) is 2.85. The van der Waals surface area contributed by atoms with Gasteiger partial charge in [-0.15, -0.1) is 5.10 Å². The lowest BCUT2D eigenvalue weighted by molar-refractivity contribution is 0.347. The summed E-state index contributed by atoms with van der Waals surface area (Å²) < 4.78 is 20.0. The van der Waals surface area contributed by atoms with E-state index in [1.165, 1.54) is 19.2 Å². The Bertz CT molecular complexity index is 589. The first-order valence-corrected chi connectivity index (χ1v) is 6.39. The Labute approximate surface area is 117 Å². The van der Waals surface area contributed by atoms with Crippen LogP contribution in [0, 0.1) is 5.82 Å². The summed E-state index contributed by atoms with van der Waals surface area (Å²) in [4.78, 5) is 0. The first-order valence-electron chi connectivity index (χ1n) is 6.39. The van der Waals surface area contributed by atoms with Gasteiger partial charge in [0.25, 0.3) is 0 Å². The number of nitrogens with one attached hydrogen (secondary N) is 1. The second-order valence-electron chi connectivity index (χ2n) is 5.52. The van der Waals surface area contributed by atoms with Crippen molar-refractivity contribution in [3.8, 4) is 5.75 Å². The molecular formula is C14H19FN4O. The Morgan fingerprint density at radius 1 is 1.35 bits per heavy atom. The molecule has 108 valence electrons. The number of anilines is 1. The van der Waals surface area contributed by atoms with E-state index in [4.69, 9.17) is 4.74 Å². The lowest BCUT2D eigenvalue weighted by atomic mass is 10.1. The van der Waals surface area contributed by atoms with Gasteiger partial charge in [-0.05, 0) is 32.9 Å². The Hall–Kier alpha value is -2.11. The number of benzene rings is 1. The van der Waals surface area contributed by atoms with Gasteiger partial charge in [-0.2, -0.15) is 0 Å². The molecule has 2 aromatic rings. The Morgan fingerprint density at radius 3 is 2.70 bits per heavy atom. The number of rotatable bonds is 4. The molecule has 0 fully saturated rings. The van der Waals surface area contributed by atoms with Crippen LogP contribution < -0.4 is 10.1 Å². The zero-order chi connectivity index (χ0) is 14.8. The molecule has 0 saturated carbocycles. The summed E-state index contributed by atoms with van der Waals surface area (Å²) in [7, 11) is 1.51. The summed E-state index contributed by atoms with van der Waals surface area (Å²) in [6.45, 7) is 6.67. The molecule has 5 nitrogen and oxygen atoms in total. The number of nitrogens with zero attached hydrogens (tertiary/aromatic N) is 3. The van der Waals surface area contributed by atoms with Gasteiger partial charge >= 0.3 is 0 Å². The van der Waals surface area contributed by atoms with Crippen LogP contribution in [0.15, 0.2) is 24.4 Å². The van der Waals surface area contributed by atoms with Crippen molar-refractivity contribution in [1.29, 1.82) is 0 Å². The summed E-state index contributed by atoms with van der Waals surface area (Å²) in [6, 6.07) is 4.37. The van der Waals surface area contributed by atoms with Gasteiger partial charge < -0.3 is 10.1 Å².